The van der Waals surface area contributed by atoms with Gasteiger partial charge in [-0.1, -0.05) is 56.1 Å². The van der Waals surface area contributed by atoms with Gasteiger partial charge in [0.15, 0.2) is 0 Å². The second-order valence-corrected chi connectivity index (χ2v) is 41.5. The largest absolute Gasteiger partial charge is 0.433 e. The van der Waals surface area contributed by atoms with Gasteiger partial charge in [0.1, 0.15) is 89.3 Å². The van der Waals surface area contributed by atoms with Crippen LogP contribution in [0.25, 0.3) is 0 Å². The molecule has 0 aliphatic heterocycles. The molecule has 0 spiro atoms. The number of aliphatic hydroxyl groups is 6. The Bertz CT molecular complexity index is 7160. The fraction of sp³-hybridized carbons (Fsp3) is 0.366. The van der Waals surface area contributed by atoms with Gasteiger partial charge in [0, 0.05) is 100 Å². The van der Waals surface area contributed by atoms with Crippen LogP contribution in [-0.2, 0) is 100 Å². The van der Waals surface area contributed by atoms with Gasteiger partial charge in [-0.3, -0.25) is 54.6 Å². The molecule has 2 aromatic carbocycles. The summed E-state index contributed by atoms with van der Waals surface area (Å²) in [6.07, 6.45) is 8.13. The molecule has 4 fully saturated rings. The number of halogens is 5. The molecule has 0 radical (unpaired) electrons. The lowest BCUT2D eigenvalue weighted by atomic mass is 10.1. The van der Waals surface area contributed by atoms with Crippen LogP contribution in [0.4, 0.5) is 36.4 Å². The molecule has 0 unspecified atom stereocenters. The summed E-state index contributed by atoms with van der Waals surface area (Å²) in [6.45, 7) is 2.07. The zero-order valence-corrected chi connectivity index (χ0v) is 81.7. The van der Waals surface area contributed by atoms with E-state index in [-0.39, 0.29) is 137 Å². The molecule has 10 aromatic heterocycles. The van der Waals surface area contributed by atoms with Crippen molar-refractivity contribution in [3.8, 4) is 0 Å². The predicted molar refractivity (Wildman–Crippen MR) is 500 cm³/mol. The first-order chi connectivity index (χ1) is 67.5. The molecular formula is C82H92Br2F3N27O24S5. The highest BCUT2D eigenvalue weighted by Crippen LogP contribution is 2.37. The second kappa shape index (κ2) is 46.7. The van der Waals surface area contributed by atoms with Gasteiger partial charge in [0.2, 0.25) is 23.1 Å². The minimum atomic E-state index is -4.58. The van der Waals surface area contributed by atoms with Crippen LogP contribution in [0, 0.1) is 30.6 Å². The monoisotopic (exact) mass is 2210 g/mol. The van der Waals surface area contributed by atoms with Gasteiger partial charge in [0.25, 0.3) is 10.0 Å². The molecule has 0 amide bonds. The fourth-order valence-corrected chi connectivity index (χ4v) is 19.3. The minimum absolute atomic E-state index is 0.00587. The average molecular weight is 2220 g/mol. The summed E-state index contributed by atoms with van der Waals surface area (Å²) in [5, 5.41) is 114. The maximum absolute atomic E-state index is 13.2. The number of nitrogens with two attached hydrogens (primary N) is 4. The maximum Gasteiger partial charge on any atom is 0.433 e. The van der Waals surface area contributed by atoms with Crippen molar-refractivity contribution < 1.29 is 122 Å². The summed E-state index contributed by atoms with van der Waals surface area (Å²) < 4.78 is 180. The van der Waals surface area contributed by atoms with Gasteiger partial charge in [-0.2, -0.15) is 84.8 Å². The molecule has 51 nitrogen and oxygen atoms in total. The summed E-state index contributed by atoms with van der Waals surface area (Å²) in [5.74, 6) is -3.77. The molecule has 143 heavy (non-hydrogen) atoms. The first kappa shape index (κ1) is 108. The highest BCUT2D eigenvalue weighted by Gasteiger charge is 2.46. The van der Waals surface area contributed by atoms with Crippen LogP contribution in [0.15, 0.2) is 192 Å². The standard InChI is InChI=1S/C21H23BrN6O5S.C21H22F3N7O5S.C20H21BrN6O8S2.C20H26N8O6S/c22-15-3-1-2-13(6-15)10-28-5-4-18(27-28)20(30)17-9-24-12-25-21(17)26-16-7-14(19(29)8-16)11-33-34(23,31)32;22-21(23,24)18-3-1-2-13(28-18)9-31-5-4-16(30-31)19(33)15-8-26-11-27-20(15)29-14-6-12(17(32)7-14)10-36-37(25,34)35;21-12-2-1-3-13(7-12)36(31,32)27-5-4-15(26-27)18(29)14-8-23-10-24-20(14)25-16-6-11(17(28)19(16)30)9-35-37(22,33)34;1-12-2-4-27(25-12)6-7-28-5-3-15(26-28)18(30)14-9-22-11-23-20(14)24-16-8-13(17(29)19(16)31)10-34-35(21,32)33/h1-6,9,12,14,16,19,29H,7-8,10-11H2,(H2,23,31,32)(H,24,25,26);1-5,8,11-12,14,17,32H,6-7,9-10H2,(H2,25,34,35)(H,26,27,29);1-5,7-8,10-11,16-17,19,28,30H,6,9H2,(H2,22,33,34)(H,23,24,25);2-5,9,11,13,16-17,19,29,31H,6-8,10H2,1H3,(H2,21,32,33)(H,22,23,24)/t14-,16+,19-;12-,14-,17+;11-,16-,17-,19+;13-,16-,17-,19+/m0111/s1. The number of ketones is 4. The molecule has 16 rings (SSSR count). The number of hydrogen-bond donors (Lipinski definition) is 14. The maximum atomic E-state index is 13.2. The lowest BCUT2D eigenvalue weighted by Gasteiger charge is -2.19. The predicted octanol–water partition coefficient (Wildman–Crippen LogP) is 1.12. The Kier molecular flexibility index (Phi) is 35.3. The van der Waals surface area contributed by atoms with Crippen molar-refractivity contribution in [1.29, 1.82) is 0 Å². The summed E-state index contributed by atoms with van der Waals surface area (Å²) in [6, 6.07) is 22.9. The number of pyridine rings is 1. The lowest BCUT2D eigenvalue weighted by molar-refractivity contribution is -0.141. The van der Waals surface area contributed by atoms with E-state index in [9.17, 15) is 105 Å². The van der Waals surface area contributed by atoms with Crippen molar-refractivity contribution in [2.24, 2.45) is 44.2 Å². The number of alkyl halides is 3. The van der Waals surface area contributed by atoms with Crippen LogP contribution < -0.4 is 41.8 Å². The molecule has 61 heteroatoms. The van der Waals surface area contributed by atoms with Crippen LogP contribution in [0.2, 0.25) is 0 Å². The Balaban J connectivity index is 0.000000160. The number of carbonyl (C=O) groups is 4. The van der Waals surface area contributed by atoms with Gasteiger partial charge < -0.3 is 51.9 Å². The highest BCUT2D eigenvalue weighted by molar-refractivity contribution is 9.10. The van der Waals surface area contributed by atoms with Gasteiger partial charge >= 0.3 is 47.4 Å². The second-order valence-electron chi connectivity index (χ2n) is 33.0. The molecular weight excluding hydrogens is 2120 g/mol. The molecule has 0 saturated heterocycles. The number of aromatic nitrogens is 19. The first-order valence-electron chi connectivity index (χ1n) is 42.7. The number of benzene rings is 2. The molecule has 0 bridgehead atoms. The van der Waals surface area contributed by atoms with E-state index in [2.05, 4.69) is 140 Å². The molecule has 10 heterocycles. The van der Waals surface area contributed by atoms with Gasteiger partial charge in [0.05, 0.1) is 128 Å². The molecule has 4 aliphatic carbocycles. The molecule has 764 valence electrons. The van der Waals surface area contributed by atoms with E-state index < -0.39 is 159 Å². The summed E-state index contributed by atoms with van der Waals surface area (Å²) in [4.78, 5) is 88.2. The van der Waals surface area contributed by atoms with Crippen molar-refractivity contribution in [2.45, 2.75) is 143 Å². The average Bonchev–Trinajstić information content (AvgIpc) is 1.66. The number of aryl methyl sites for hydroxylation is 3. The zero-order chi connectivity index (χ0) is 103. The van der Waals surface area contributed by atoms with Crippen molar-refractivity contribution in [2.75, 3.05) is 47.7 Å². The van der Waals surface area contributed by atoms with Crippen molar-refractivity contribution in [3.05, 3.63) is 255 Å². The highest BCUT2D eigenvalue weighted by atomic mass is 79.9. The van der Waals surface area contributed by atoms with E-state index in [1.165, 1.54) is 91.0 Å². The van der Waals surface area contributed by atoms with Gasteiger partial charge in [-0.25, -0.2) is 65.4 Å². The van der Waals surface area contributed by atoms with Crippen LogP contribution >= 0.6 is 31.9 Å². The van der Waals surface area contributed by atoms with Crippen LogP contribution in [-0.4, -0.2) is 276 Å². The Morgan fingerprint density at radius 3 is 1.21 bits per heavy atom. The van der Waals surface area contributed by atoms with E-state index in [0.29, 0.717) is 53.3 Å². The van der Waals surface area contributed by atoms with Crippen molar-refractivity contribution in [3.63, 3.8) is 0 Å². The third-order valence-electron chi connectivity index (χ3n) is 22.6. The van der Waals surface area contributed by atoms with Crippen molar-refractivity contribution in [1.82, 2.24) is 93.2 Å². The smallest absolute Gasteiger partial charge is 0.393 e. The molecule has 18 N–H and O–H groups in total. The van der Waals surface area contributed by atoms with E-state index in [4.69, 9.17) is 20.6 Å². The number of anilines is 4. The van der Waals surface area contributed by atoms with Crippen LogP contribution in [0.1, 0.15) is 125 Å². The molecule has 12 aromatic rings. The Morgan fingerprint density at radius 1 is 0.427 bits per heavy atom. The van der Waals surface area contributed by atoms with E-state index in [1.807, 2.05) is 43.5 Å². The number of aliphatic hydroxyl groups excluding tert-OH is 6. The van der Waals surface area contributed by atoms with Gasteiger partial charge in [-0.05, 0) is 124 Å². The van der Waals surface area contributed by atoms with Gasteiger partial charge in [-0.15, -0.1) is 0 Å². The lowest BCUT2D eigenvalue weighted by Crippen LogP contribution is -2.36. The van der Waals surface area contributed by atoms with Crippen molar-refractivity contribution >= 4 is 130 Å². The third kappa shape index (κ3) is 30.0. The Morgan fingerprint density at radius 2 is 0.797 bits per heavy atom. The number of nitrogens with one attached hydrogen (secondary N) is 4. The summed E-state index contributed by atoms with van der Waals surface area (Å²) in [5.41, 5.74) is 1.66. The van der Waals surface area contributed by atoms with Crippen LogP contribution in [0.3, 0.4) is 0 Å². The van der Waals surface area contributed by atoms with E-state index in [1.54, 1.807) is 50.7 Å². The summed E-state index contributed by atoms with van der Waals surface area (Å²) >= 11 is 6.66. The number of hydrogen-bond acceptors (Lipinski definition) is 42. The van der Waals surface area contributed by atoms with E-state index >= 15 is 0 Å². The van der Waals surface area contributed by atoms with Crippen LogP contribution in [0.5, 0.6) is 0 Å². The molecule has 14 atom stereocenters. The SMILES string of the molecule is Cc1ccn(CCn2ccc(C(=O)c3cncnc3N[C@@H]3C[C@H](COS(N)(=O)=O)[C@@H](O)[C@H]3O)n2)n1.NS(=O)(=O)OC[C@@H]1C[C@@H](Nc2ncncc2C(=O)c2ccn(Cc3cccc(Br)c3)n2)C[C@@H]1O.NS(=O)(=O)OC[C@H]1C[C@@H](Nc2ncncc2C(=O)c2ccn(Cc3cccc(C(F)(F)F)n3)n2)C[C@@H]1O.NS(=O)(=O)OC[C@H]1C[C@@H](Nc2ncncc2C(=O)c2ccn(S(=O)(=O)c3cccc(Br)c3)n2)[C@H](O)[C@@H]1O. The van der Waals surface area contributed by atoms with E-state index in [0.717, 1.165) is 34.3 Å². The third-order valence-corrected chi connectivity index (χ3v) is 27.0. The molecule has 4 aliphatic rings. The Hall–Kier alpha value is -12.2. The number of carbonyl (C=O) groups excluding carboxylic acids is 4. The fourth-order valence-electron chi connectivity index (χ4n) is 15.7. The summed E-state index contributed by atoms with van der Waals surface area (Å²) in [7, 11) is -20.7. The first-order valence-corrected chi connectivity index (χ1v) is 51.6. The normalized spacial score (nSPS) is 21.3. The Labute approximate surface area is 829 Å². The zero-order valence-electron chi connectivity index (χ0n) is 74.5. The minimum Gasteiger partial charge on any atom is -0.393 e. The number of nitrogens with zero attached hydrogens (tertiary/aromatic N) is 19. The quantitative estimate of drug-likeness (QED) is 0.0243. The molecule has 4 saturated carbocycles. The number of rotatable bonds is 37. The topological polar surface area (TPSA) is 755 Å².